The molecule has 19 heavy (non-hydrogen) atoms. The van der Waals surface area contributed by atoms with Gasteiger partial charge in [0.1, 0.15) is 0 Å². The maximum atomic E-state index is 12.1. The first-order valence-electron chi connectivity index (χ1n) is 7.52. The number of hydrogen-bond donors (Lipinski definition) is 2. The molecule has 0 spiro atoms. The van der Waals surface area contributed by atoms with E-state index in [1.807, 2.05) is 11.8 Å². The van der Waals surface area contributed by atoms with Crippen molar-refractivity contribution in [2.45, 2.75) is 52.1 Å². The van der Waals surface area contributed by atoms with Crippen LogP contribution in [0.4, 0.5) is 4.79 Å². The highest BCUT2D eigenvalue weighted by atomic mass is 16.3. The van der Waals surface area contributed by atoms with Gasteiger partial charge < -0.3 is 15.3 Å². The van der Waals surface area contributed by atoms with Crippen molar-refractivity contribution in [1.82, 2.24) is 15.1 Å². The Bertz CT molecular complexity index is 269. The van der Waals surface area contributed by atoms with E-state index in [1.165, 1.54) is 0 Å². The van der Waals surface area contributed by atoms with Crippen LogP contribution >= 0.6 is 0 Å². The highest BCUT2D eigenvalue weighted by Crippen LogP contribution is 2.15. The quantitative estimate of drug-likeness (QED) is 0.733. The first-order chi connectivity index (χ1) is 9.12. The second kappa shape index (κ2) is 8.38. The molecule has 0 saturated carbocycles. The molecule has 0 aliphatic carbocycles. The van der Waals surface area contributed by atoms with Crippen LogP contribution in [0.5, 0.6) is 0 Å². The third-order valence-corrected chi connectivity index (χ3v) is 3.94. The lowest BCUT2D eigenvalue weighted by molar-refractivity contribution is 0.189. The van der Waals surface area contributed by atoms with Crippen LogP contribution in [0.3, 0.4) is 0 Å². The molecule has 2 amide bonds. The van der Waals surface area contributed by atoms with E-state index in [-0.39, 0.29) is 18.7 Å². The fraction of sp³-hybridized carbons (Fsp3) is 0.929. The molecule has 0 radical (unpaired) electrons. The highest BCUT2D eigenvalue weighted by Gasteiger charge is 2.29. The van der Waals surface area contributed by atoms with Crippen molar-refractivity contribution in [2.75, 3.05) is 32.8 Å². The van der Waals surface area contributed by atoms with E-state index < -0.39 is 0 Å². The zero-order valence-electron chi connectivity index (χ0n) is 12.6. The number of rotatable bonds is 7. The minimum atomic E-state index is 0.0418. The number of aliphatic hydroxyl groups excluding tert-OH is 1. The molecule has 5 nitrogen and oxygen atoms in total. The molecule has 0 aromatic heterocycles. The standard InChI is InChI=1S/C14H29N3O2/c1-4-16(5-2)13-8-9-17(11-13)14(19)15-12(3)7-6-10-18/h12-13,18H,4-11H2,1-3H3,(H,15,19). The van der Waals surface area contributed by atoms with Gasteiger partial charge in [-0.3, -0.25) is 4.90 Å². The molecule has 5 heteroatoms. The lowest BCUT2D eigenvalue weighted by atomic mass is 10.2. The molecule has 2 atom stereocenters. The molecule has 1 fully saturated rings. The number of urea groups is 1. The van der Waals surface area contributed by atoms with Crippen LogP contribution in [-0.4, -0.2) is 65.8 Å². The molecule has 0 bridgehead atoms. The predicted molar refractivity (Wildman–Crippen MR) is 77.2 cm³/mol. The first kappa shape index (κ1) is 16.2. The van der Waals surface area contributed by atoms with Crippen molar-refractivity contribution in [3.05, 3.63) is 0 Å². The molecular formula is C14H29N3O2. The molecule has 0 aromatic carbocycles. The number of nitrogens with one attached hydrogen (secondary N) is 1. The summed E-state index contributed by atoms with van der Waals surface area (Å²) in [4.78, 5) is 16.4. The summed E-state index contributed by atoms with van der Waals surface area (Å²) in [7, 11) is 0. The summed E-state index contributed by atoms with van der Waals surface area (Å²) in [5.74, 6) is 0. The molecule has 1 heterocycles. The van der Waals surface area contributed by atoms with Crippen LogP contribution in [0.1, 0.15) is 40.0 Å². The molecule has 1 saturated heterocycles. The second-order valence-electron chi connectivity index (χ2n) is 5.33. The molecule has 112 valence electrons. The van der Waals surface area contributed by atoms with Gasteiger partial charge in [0.25, 0.3) is 0 Å². The van der Waals surface area contributed by atoms with Gasteiger partial charge in [-0.25, -0.2) is 4.79 Å². The van der Waals surface area contributed by atoms with E-state index in [9.17, 15) is 4.79 Å². The average molecular weight is 271 g/mol. The largest absolute Gasteiger partial charge is 0.396 e. The lowest BCUT2D eigenvalue weighted by Crippen LogP contribution is -2.44. The SMILES string of the molecule is CCN(CC)C1CCN(C(=O)NC(C)CCCO)C1. The Morgan fingerprint density at radius 2 is 2.16 bits per heavy atom. The Kier molecular flexibility index (Phi) is 7.16. The van der Waals surface area contributed by atoms with Crippen molar-refractivity contribution < 1.29 is 9.90 Å². The smallest absolute Gasteiger partial charge is 0.317 e. The fourth-order valence-corrected chi connectivity index (χ4v) is 2.74. The Labute approximate surface area is 117 Å². The van der Waals surface area contributed by atoms with E-state index in [1.54, 1.807) is 0 Å². The van der Waals surface area contributed by atoms with Crippen molar-refractivity contribution >= 4 is 6.03 Å². The minimum absolute atomic E-state index is 0.0418. The van der Waals surface area contributed by atoms with Gasteiger partial charge in [0.2, 0.25) is 0 Å². The third kappa shape index (κ3) is 4.99. The van der Waals surface area contributed by atoms with Crippen molar-refractivity contribution in [1.29, 1.82) is 0 Å². The van der Waals surface area contributed by atoms with Gasteiger partial charge in [-0.1, -0.05) is 13.8 Å². The first-order valence-corrected chi connectivity index (χ1v) is 7.52. The van der Waals surface area contributed by atoms with Gasteiger partial charge in [-0.2, -0.15) is 0 Å². The van der Waals surface area contributed by atoms with Crippen molar-refractivity contribution in [3.8, 4) is 0 Å². The van der Waals surface area contributed by atoms with E-state index in [2.05, 4.69) is 24.1 Å². The minimum Gasteiger partial charge on any atom is -0.396 e. The van der Waals surface area contributed by atoms with E-state index in [4.69, 9.17) is 5.11 Å². The van der Waals surface area contributed by atoms with Crippen molar-refractivity contribution in [2.24, 2.45) is 0 Å². The van der Waals surface area contributed by atoms with Gasteiger partial charge in [0.05, 0.1) is 0 Å². The maximum Gasteiger partial charge on any atom is 0.317 e. The maximum absolute atomic E-state index is 12.1. The normalized spacial score (nSPS) is 20.9. The number of likely N-dealkylation sites (N-methyl/N-ethyl adjacent to an activating group) is 1. The number of carbonyl (C=O) groups excluding carboxylic acids is 1. The molecule has 1 aliphatic heterocycles. The number of aliphatic hydroxyl groups is 1. The summed E-state index contributed by atoms with van der Waals surface area (Å²) < 4.78 is 0. The van der Waals surface area contributed by atoms with Crippen LogP contribution in [0.2, 0.25) is 0 Å². The summed E-state index contributed by atoms with van der Waals surface area (Å²) in [5.41, 5.74) is 0. The second-order valence-corrected chi connectivity index (χ2v) is 5.33. The van der Waals surface area contributed by atoms with Gasteiger partial charge in [0.15, 0.2) is 0 Å². The number of likely N-dealkylation sites (tertiary alicyclic amines) is 1. The molecular weight excluding hydrogens is 242 g/mol. The highest BCUT2D eigenvalue weighted by molar-refractivity contribution is 5.74. The Morgan fingerprint density at radius 3 is 2.74 bits per heavy atom. The summed E-state index contributed by atoms with van der Waals surface area (Å²) in [6.45, 7) is 10.3. The summed E-state index contributed by atoms with van der Waals surface area (Å²) in [6.07, 6.45) is 2.64. The van der Waals surface area contributed by atoms with Gasteiger partial charge >= 0.3 is 6.03 Å². The Hall–Kier alpha value is -0.810. The number of nitrogens with zero attached hydrogens (tertiary/aromatic N) is 2. The number of carbonyl (C=O) groups is 1. The Morgan fingerprint density at radius 1 is 1.47 bits per heavy atom. The zero-order chi connectivity index (χ0) is 14.3. The zero-order valence-corrected chi connectivity index (χ0v) is 12.6. The van der Waals surface area contributed by atoms with Crippen LogP contribution in [0.15, 0.2) is 0 Å². The van der Waals surface area contributed by atoms with Crippen LogP contribution in [-0.2, 0) is 0 Å². The fourth-order valence-electron chi connectivity index (χ4n) is 2.74. The summed E-state index contributed by atoms with van der Waals surface area (Å²) in [6, 6.07) is 0.681. The lowest BCUT2D eigenvalue weighted by Gasteiger charge is -2.26. The van der Waals surface area contributed by atoms with Crippen LogP contribution in [0.25, 0.3) is 0 Å². The summed E-state index contributed by atoms with van der Waals surface area (Å²) >= 11 is 0. The molecule has 0 aromatic rings. The van der Waals surface area contributed by atoms with E-state index in [0.717, 1.165) is 45.4 Å². The van der Waals surface area contributed by atoms with Gasteiger partial charge in [-0.05, 0) is 39.3 Å². The number of amides is 2. The van der Waals surface area contributed by atoms with Crippen LogP contribution in [0, 0.1) is 0 Å². The third-order valence-electron chi connectivity index (χ3n) is 3.94. The van der Waals surface area contributed by atoms with Crippen molar-refractivity contribution in [3.63, 3.8) is 0 Å². The topological polar surface area (TPSA) is 55.8 Å². The van der Waals surface area contributed by atoms with E-state index >= 15 is 0 Å². The average Bonchev–Trinajstić information content (AvgIpc) is 2.87. The molecule has 1 rings (SSSR count). The van der Waals surface area contributed by atoms with Crippen LogP contribution < -0.4 is 5.32 Å². The predicted octanol–water partition coefficient (Wildman–Crippen LogP) is 1.27. The monoisotopic (exact) mass is 271 g/mol. The molecule has 2 N–H and O–H groups in total. The van der Waals surface area contributed by atoms with E-state index in [0.29, 0.717) is 6.04 Å². The van der Waals surface area contributed by atoms with Gasteiger partial charge in [-0.15, -0.1) is 0 Å². The summed E-state index contributed by atoms with van der Waals surface area (Å²) in [5, 5.41) is 11.8. The number of hydrogen-bond acceptors (Lipinski definition) is 3. The molecule has 2 unspecified atom stereocenters. The molecule has 1 aliphatic rings. The Balaban J connectivity index is 2.35. The van der Waals surface area contributed by atoms with Gasteiger partial charge in [0, 0.05) is 31.8 Å².